The Morgan fingerprint density at radius 2 is 1.91 bits per heavy atom. The van der Waals surface area contributed by atoms with Gasteiger partial charge in [0.1, 0.15) is 11.3 Å². The summed E-state index contributed by atoms with van der Waals surface area (Å²) in [5, 5.41) is 13.2. The van der Waals surface area contributed by atoms with Gasteiger partial charge in [-0.3, -0.25) is 0 Å². The summed E-state index contributed by atoms with van der Waals surface area (Å²) in [5.74, 6) is -0.778. The predicted molar refractivity (Wildman–Crippen MR) is 131 cm³/mol. The van der Waals surface area contributed by atoms with Crippen molar-refractivity contribution in [3.63, 3.8) is 0 Å². The lowest BCUT2D eigenvalue weighted by atomic mass is 9.89. The van der Waals surface area contributed by atoms with Crippen LogP contribution in [-0.2, 0) is 20.9 Å². The number of hydrogen-bond donors (Lipinski definition) is 2. The minimum atomic E-state index is -1.10. The number of carboxylic acids is 1. The van der Waals surface area contributed by atoms with Gasteiger partial charge in [0.05, 0.1) is 26.4 Å². The summed E-state index contributed by atoms with van der Waals surface area (Å²) < 4.78 is 37.9. The van der Waals surface area contributed by atoms with Crippen LogP contribution >= 0.6 is 0 Å². The van der Waals surface area contributed by atoms with Crippen molar-refractivity contribution in [1.82, 2.24) is 0 Å². The molecular weight excluding hydrogens is 453 g/mol. The molecule has 2 aliphatic rings. The van der Waals surface area contributed by atoms with Gasteiger partial charge in [-0.15, -0.1) is 0 Å². The molecule has 1 aliphatic carbocycles. The average molecular weight is 488 g/mol. The van der Waals surface area contributed by atoms with Crippen molar-refractivity contribution in [3.05, 3.63) is 41.7 Å². The second kappa shape index (κ2) is 11.3. The first-order chi connectivity index (χ1) is 17.0. The van der Waals surface area contributed by atoms with Crippen LogP contribution in [0.1, 0.15) is 51.0 Å². The molecule has 0 radical (unpaired) electrons. The van der Waals surface area contributed by atoms with Crippen molar-refractivity contribution < 1.29 is 33.2 Å². The number of carboxylic acid groups (broad SMARTS) is 1. The molecule has 2 fully saturated rings. The van der Waals surface area contributed by atoms with E-state index in [-0.39, 0.29) is 11.9 Å². The highest BCUT2D eigenvalue weighted by Gasteiger charge is 2.40. The van der Waals surface area contributed by atoms with Crippen molar-refractivity contribution in [2.24, 2.45) is 0 Å². The fourth-order valence-corrected chi connectivity index (χ4v) is 4.87. The Bertz CT molecular complexity index is 1030. The summed E-state index contributed by atoms with van der Waals surface area (Å²) in [6.45, 7) is 3.36. The fraction of sp³-hybridized carbons (Fsp3) is 0.519. The molecule has 4 rings (SSSR count). The van der Waals surface area contributed by atoms with Crippen molar-refractivity contribution in [1.29, 1.82) is 0 Å². The van der Waals surface area contributed by atoms with Crippen molar-refractivity contribution in [2.45, 2.75) is 63.7 Å². The summed E-state index contributed by atoms with van der Waals surface area (Å²) in [5.41, 5.74) is 1.32. The number of rotatable bonds is 10. The Labute approximate surface area is 205 Å². The lowest BCUT2D eigenvalue weighted by Crippen LogP contribution is -2.50. The molecule has 1 saturated carbocycles. The van der Waals surface area contributed by atoms with E-state index in [1.165, 1.54) is 13.2 Å². The molecule has 8 heteroatoms. The second-order valence-corrected chi connectivity index (χ2v) is 9.13. The predicted octanol–water partition coefficient (Wildman–Crippen LogP) is 5.40. The Morgan fingerprint density at radius 3 is 2.57 bits per heavy atom. The Hall–Kier alpha value is -2.84. The molecule has 190 valence electrons. The van der Waals surface area contributed by atoms with Crippen LogP contribution in [0.2, 0.25) is 0 Å². The molecular formula is C27H34FNO6. The maximum absolute atomic E-state index is 15.4. The van der Waals surface area contributed by atoms with Crippen molar-refractivity contribution >= 4 is 11.7 Å². The zero-order valence-corrected chi connectivity index (χ0v) is 20.4. The van der Waals surface area contributed by atoms with Gasteiger partial charge in [0, 0.05) is 43.4 Å². The van der Waals surface area contributed by atoms with E-state index >= 15 is 4.39 Å². The SMILES string of the molecule is CCOc1cc(OC)c(F)c(-c2ccc(NC3(C(=O)O)CCOCC3)cc2COC2CCCC2)c1. The van der Waals surface area contributed by atoms with Gasteiger partial charge in [0.25, 0.3) is 0 Å². The van der Waals surface area contributed by atoms with Gasteiger partial charge in [-0.05, 0) is 49.1 Å². The largest absolute Gasteiger partial charge is 0.494 e. The third-order valence-corrected chi connectivity index (χ3v) is 6.86. The van der Waals surface area contributed by atoms with Crippen molar-refractivity contribution in [3.8, 4) is 22.6 Å². The fourth-order valence-electron chi connectivity index (χ4n) is 4.87. The highest BCUT2D eigenvalue weighted by molar-refractivity contribution is 5.83. The van der Waals surface area contributed by atoms with Gasteiger partial charge in [-0.2, -0.15) is 0 Å². The summed E-state index contributed by atoms with van der Waals surface area (Å²) in [6, 6.07) is 8.66. The molecule has 0 aromatic heterocycles. The minimum absolute atomic E-state index is 0.0999. The maximum Gasteiger partial charge on any atom is 0.329 e. The number of aliphatic carboxylic acids is 1. The summed E-state index contributed by atoms with van der Waals surface area (Å²) >= 11 is 0. The molecule has 2 aromatic carbocycles. The molecule has 0 bridgehead atoms. The quantitative estimate of drug-likeness (QED) is 0.464. The average Bonchev–Trinajstić information content (AvgIpc) is 3.38. The minimum Gasteiger partial charge on any atom is -0.494 e. The zero-order chi connectivity index (χ0) is 24.8. The van der Waals surface area contributed by atoms with Gasteiger partial charge in [0.2, 0.25) is 0 Å². The molecule has 1 heterocycles. The van der Waals surface area contributed by atoms with E-state index < -0.39 is 17.3 Å². The first-order valence-corrected chi connectivity index (χ1v) is 12.3. The van der Waals surface area contributed by atoms with E-state index in [0.29, 0.717) is 61.8 Å². The first kappa shape index (κ1) is 25.3. The molecule has 0 spiro atoms. The molecule has 2 N–H and O–H groups in total. The van der Waals surface area contributed by atoms with Crippen LogP contribution in [0.5, 0.6) is 11.5 Å². The summed E-state index contributed by atoms with van der Waals surface area (Å²) in [4.78, 5) is 12.1. The van der Waals surface area contributed by atoms with Crippen LogP contribution in [0.3, 0.4) is 0 Å². The van der Waals surface area contributed by atoms with E-state index in [4.69, 9.17) is 18.9 Å². The number of carbonyl (C=O) groups is 1. The molecule has 1 saturated heterocycles. The first-order valence-electron chi connectivity index (χ1n) is 12.3. The van der Waals surface area contributed by atoms with Gasteiger partial charge in [-0.1, -0.05) is 18.9 Å². The topological polar surface area (TPSA) is 86.3 Å². The van der Waals surface area contributed by atoms with E-state index in [1.54, 1.807) is 18.2 Å². The van der Waals surface area contributed by atoms with E-state index in [9.17, 15) is 9.90 Å². The van der Waals surface area contributed by atoms with Crippen LogP contribution in [0.25, 0.3) is 11.1 Å². The smallest absolute Gasteiger partial charge is 0.329 e. The highest BCUT2D eigenvalue weighted by Crippen LogP contribution is 2.38. The van der Waals surface area contributed by atoms with Crippen LogP contribution in [0.15, 0.2) is 30.3 Å². The lowest BCUT2D eigenvalue weighted by molar-refractivity contribution is -0.145. The van der Waals surface area contributed by atoms with E-state index in [0.717, 1.165) is 31.2 Å². The van der Waals surface area contributed by atoms with Crippen LogP contribution in [0.4, 0.5) is 10.1 Å². The third kappa shape index (κ3) is 5.70. The Morgan fingerprint density at radius 1 is 1.17 bits per heavy atom. The Kier molecular flexibility index (Phi) is 8.13. The maximum atomic E-state index is 15.4. The Balaban J connectivity index is 1.72. The van der Waals surface area contributed by atoms with Crippen molar-refractivity contribution in [2.75, 3.05) is 32.2 Å². The number of hydrogen-bond acceptors (Lipinski definition) is 6. The summed E-state index contributed by atoms with van der Waals surface area (Å²) in [7, 11) is 1.42. The van der Waals surface area contributed by atoms with Gasteiger partial charge in [-0.25, -0.2) is 9.18 Å². The zero-order valence-electron chi connectivity index (χ0n) is 20.4. The van der Waals surface area contributed by atoms with Crippen LogP contribution in [-0.4, -0.2) is 49.6 Å². The normalized spacial score (nSPS) is 17.8. The monoisotopic (exact) mass is 487 g/mol. The number of nitrogens with one attached hydrogen (secondary N) is 1. The summed E-state index contributed by atoms with van der Waals surface area (Å²) in [6.07, 6.45) is 5.21. The number of methoxy groups -OCH3 is 1. The number of anilines is 1. The standard InChI is InChI=1S/C27H34FNO6/c1-3-34-21-15-23(25(28)24(16-21)32-2)22-9-8-19(14-18(22)17-35-20-6-4-5-7-20)29-27(26(30)31)10-12-33-13-11-27/h8-9,14-16,20,29H,3-7,10-13,17H2,1-2H3,(H,30,31). The molecule has 1 aliphatic heterocycles. The molecule has 2 aromatic rings. The lowest BCUT2D eigenvalue weighted by Gasteiger charge is -2.35. The third-order valence-electron chi connectivity index (χ3n) is 6.86. The van der Waals surface area contributed by atoms with Gasteiger partial charge >= 0.3 is 5.97 Å². The second-order valence-electron chi connectivity index (χ2n) is 9.13. The van der Waals surface area contributed by atoms with E-state index in [2.05, 4.69) is 5.32 Å². The van der Waals surface area contributed by atoms with Gasteiger partial charge < -0.3 is 29.4 Å². The molecule has 0 unspecified atom stereocenters. The highest BCUT2D eigenvalue weighted by atomic mass is 19.1. The van der Waals surface area contributed by atoms with Crippen LogP contribution < -0.4 is 14.8 Å². The molecule has 0 amide bonds. The molecule has 35 heavy (non-hydrogen) atoms. The van der Waals surface area contributed by atoms with Crippen LogP contribution in [0, 0.1) is 5.82 Å². The molecule has 7 nitrogen and oxygen atoms in total. The van der Waals surface area contributed by atoms with E-state index in [1.807, 2.05) is 13.0 Å². The number of halogens is 1. The van der Waals surface area contributed by atoms with Gasteiger partial charge in [0.15, 0.2) is 11.6 Å². The number of benzene rings is 2. The molecule has 0 atom stereocenters. The number of ether oxygens (including phenoxy) is 4.